The van der Waals surface area contributed by atoms with Crippen LogP contribution in [0.25, 0.3) is 22.6 Å². The van der Waals surface area contributed by atoms with Gasteiger partial charge in [-0.15, -0.1) is 0 Å². The topological polar surface area (TPSA) is 28.7 Å². The third-order valence-electron chi connectivity index (χ3n) is 2.75. The summed E-state index contributed by atoms with van der Waals surface area (Å²) in [7, 11) is 0. The van der Waals surface area contributed by atoms with Crippen LogP contribution in [-0.4, -0.2) is 9.97 Å². The van der Waals surface area contributed by atoms with Crippen molar-refractivity contribution in [2.24, 2.45) is 0 Å². The molecule has 1 N–H and O–H groups in total. The third-order valence-corrected chi connectivity index (χ3v) is 3.33. The van der Waals surface area contributed by atoms with Crippen LogP contribution in [0.15, 0.2) is 65.3 Å². The number of H-pyrrole nitrogens is 1. The molecule has 0 aliphatic rings. The number of halogens is 1. The van der Waals surface area contributed by atoms with Crippen LogP contribution in [0.4, 0.5) is 0 Å². The SMILES string of the molecule is Brc1[nH]c(-c2ccccc2)nc1-c1ccccc1. The minimum atomic E-state index is 0.876. The van der Waals surface area contributed by atoms with Crippen LogP contribution in [0.5, 0.6) is 0 Å². The molecule has 0 unspecified atom stereocenters. The summed E-state index contributed by atoms with van der Waals surface area (Å²) >= 11 is 3.53. The zero-order valence-electron chi connectivity index (χ0n) is 9.60. The summed E-state index contributed by atoms with van der Waals surface area (Å²) < 4.78 is 0.910. The number of hydrogen-bond acceptors (Lipinski definition) is 1. The molecule has 0 saturated heterocycles. The first-order valence-corrected chi connectivity index (χ1v) is 6.50. The highest BCUT2D eigenvalue weighted by molar-refractivity contribution is 9.10. The van der Waals surface area contributed by atoms with Gasteiger partial charge in [0.05, 0.1) is 0 Å². The van der Waals surface area contributed by atoms with Gasteiger partial charge in [-0.2, -0.15) is 0 Å². The van der Waals surface area contributed by atoms with E-state index in [2.05, 4.69) is 38.0 Å². The number of hydrogen-bond donors (Lipinski definition) is 1. The van der Waals surface area contributed by atoms with Crippen LogP contribution in [0.2, 0.25) is 0 Å². The Bertz CT molecular complexity index is 645. The minimum Gasteiger partial charge on any atom is -0.332 e. The van der Waals surface area contributed by atoms with Crippen LogP contribution >= 0.6 is 15.9 Å². The Hall–Kier alpha value is -1.87. The van der Waals surface area contributed by atoms with Gasteiger partial charge in [-0.3, -0.25) is 0 Å². The minimum absolute atomic E-state index is 0.876. The van der Waals surface area contributed by atoms with Crippen molar-refractivity contribution in [3.8, 4) is 22.6 Å². The molecule has 88 valence electrons. The van der Waals surface area contributed by atoms with Gasteiger partial charge in [-0.25, -0.2) is 4.98 Å². The highest BCUT2D eigenvalue weighted by Crippen LogP contribution is 2.29. The van der Waals surface area contributed by atoms with E-state index in [9.17, 15) is 0 Å². The lowest BCUT2D eigenvalue weighted by molar-refractivity contribution is 1.30. The van der Waals surface area contributed by atoms with Crippen LogP contribution in [0.1, 0.15) is 0 Å². The Balaban J connectivity index is 2.07. The molecule has 1 aromatic heterocycles. The largest absolute Gasteiger partial charge is 0.332 e. The number of rotatable bonds is 2. The third kappa shape index (κ3) is 2.09. The summed E-state index contributed by atoms with van der Waals surface area (Å²) in [6.07, 6.45) is 0. The summed E-state index contributed by atoms with van der Waals surface area (Å²) in [5.41, 5.74) is 3.12. The van der Waals surface area contributed by atoms with Gasteiger partial charge in [-0.05, 0) is 15.9 Å². The predicted octanol–water partition coefficient (Wildman–Crippen LogP) is 4.51. The number of benzene rings is 2. The fourth-order valence-electron chi connectivity index (χ4n) is 1.87. The average Bonchev–Trinajstić information content (AvgIpc) is 2.83. The second kappa shape index (κ2) is 4.78. The van der Waals surface area contributed by atoms with Crippen LogP contribution in [-0.2, 0) is 0 Å². The molecular formula is C15H11BrN2. The molecule has 0 radical (unpaired) electrons. The Labute approximate surface area is 114 Å². The number of imidazole rings is 1. The molecule has 18 heavy (non-hydrogen) atoms. The van der Waals surface area contributed by atoms with Gasteiger partial charge in [0.2, 0.25) is 0 Å². The summed E-state index contributed by atoms with van der Waals surface area (Å²) in [6, 6.07) is 20.2. The van der Waals surface area contributed by atoms with E-state index in [1.54, 1.807) is 0 Å². The molecular weight excluding hydrogens is 288 g/mol. The summed E-state index contributed by atoms with van der Waals surface area (Å²) in [6.45, 7) is 0. The van der Waals surface area contributed by atoms with Gasteiger partial charge < -0.3 is 4.98 Å². The zero-order valence-corrected chi connectivity index (χ0v) is 11.2. The molecule has 0 bridgehead atoms. The molecule has 2 aromatic carbocycles. The number of nitrogens with one attached hydrogen (secondary N) is 1. The van der Waals surface area contributed by atoms with Gasteiger partial charge >= 0.3 is 0 Å². The van der Waals surface area contributed by atoms with Crippen molar-refractivity contribution < 1.29 is 0 Å². The summed E-state index contributed by atoms with van der Waals surface area (Å²) in [5.74, 6) is 0.876. The second-order valence-electron chi connectivity index (χ2n) is 3.98. The van der Waals surface area contributed by atoms with Crippen molar-refractivity contribution >= 4 is 15.9 Å². The van der Waals surface area contributed by atoms with E-state index in [1.807, 2.05) is 48.5 Å². The van der Waals surface area contributed by atoms with E-state index in [0.717, 1.165) is 27.2 Å². The molecule has 0 amide bonds. The molecule has 0 fully saturated rings. The fraction of sp³-hybridized carbons (Fsp3) is 0. The van der Waals surface area contributed by atoms with E-state index in [0.29, 0.717) is 0 Å². The smallest absolute Gasteiger partial charge is 0.138 e. The Kier molecular flexibility index (Phi) is 2.99. The zero-order chi connectivity index (χ0) is 12.4. The molecule has 0 atom stereocenters. The highest BCUT2D eigenvalue weighted by atomic mass is 79.9. The molecule has 0 saturated carbocycles. The van der Waals surface area contributed by atoms with Crippen molar-refractivity contribution in [1.82, 2.24) is 9.97 Å². The fourth-order valence-corrected chi connectivity index (χ4v) is 2.38. The maximum Gasteiger partial charge on any atom is 0.138 e. The van der Waals surface area contributed by atoms with E-state index >= 15 is 0 Å². The van der Waals surface area contributed by atoms with Crippen molar-refractivity contribution in [3.63, 3.8) is 0 Å². The van der Waals surface area contributed by atoms with Crippen molar-refractivity contribution in [2.45, 2.75) is 0 Å². The maximum atomic E-state index is 4.65. The van der Waals surface area contributed by atoms with E-state index in [-0.39, 0.29) is 0 Å². The Morgan fingerprint density at radius 3 is 1.94 bits per heavy atom. The molecule has 3 heteroatoms. The van der Waals surface area contributed by atoms with Crippen molar-refractivity contribution in [2.75, 3.05) is 0 Å². The lowest BCUT2D eigenvalue weighted by atomic mass is 10.2. The molecule has 1 heterocycles. The Morgan fingerprint density at radius 2 is 1.33 bits per heavy atom. The van der Waals surface area contributed by atoms with Crippen LogP contribution in [0.3, 0.4) is 0 Å². The molecule has 3 rings (SSSR count). The van der Waals surface area contributed by atoms with Crippen LogP contribution < -0.4 is 0 Å². The quantitative estimate of drug-likeness (QED) is 0.741. The molecule has 2 nitrogen and oxygen atoms in total. The van der Waals surface area contributed by atoms with Gasteiger partial charge in [0.1, 0.15) is 16.1 Å². The second-order valence-corrected chi connectivity index (χ2v) is 4.77. The highest BCUT2D eigenvalue weighted by Gasteiger charge is 2.10. The maximum absolute atomic E-state index is 4.65. The normalized spacial score (nSPS) is 10.5. The van der Waals surface area contributed by atoms with Crippen molar-refractivity contribution in [3.05, 3.63) is 65.3 Å². The number of aromatic amines is 1. The predicted molar refractivity (Wildman–Crippen MR) is 77.2 cm³/mol. The van der Waals surface area contributed by atoms with E-state index < -0.39 is 0 Å². The van der Waals surface area contributed by atoms with Crippen LogP contribution in [0, 0.1) is 0 Å². The molecule has 0 aliphatic heterocycles. The first-order valence-electron chi connectivity index (χ1n) is 5.71. The average molecular weight is 299 g/mol. The lowest BCUT2D eigenvalue weighted by Crippen LogP contribution is -1.80. The van der Waals surface area contributed by atoms with E-state index in [4.69, 9.17) is 0 Å². The lowest BCUT2D eigenvalue weighted by Gasteiger charge is -1.96. The summed E-state index contributed by atoms with van der Waals surface area (Å²) in [5, 5.41) is 0. The van der Waals surface area contributed by atoms with Crippen molar-refractivity contribution in [1.29, 1.82) is 0 Å². The standard InChI is InChI=1S/C15H11BrN2/c16-14-13(11-7-3-1-4-8-11)17-15(18-14)12-9-5-2-6-10-12/h1-10H,(H,17,18). The number of nitrogens with zero attached hydrogens (tertiary/aromatic N) is 1. The molecule has 0 aliphatic carbocycles. The van der Waals surface area contributed by atoms with Gasteiger partial charge in [0.15, 0.2) is 0 Å². The Morgan fingerprint density at radius 1 is 0.778 bits per heavy atom. The van der Waals surface area contributed by atoms with Gasteiger partial charge in [0.25, 0.3) is 0 Å². The number of aromatic nitrogens is 2. The molecule has 3 aromatic rings. The monoisotopic (exact) mass is 298 g/mol. The first kappa shape index (κ1) is 11.2. The molecule has 0 spiro atoms. The van der Waals surface area contributed by atoms with E-state index in [1.165, 1.54) is 0 Å². The summed E-state index contributed by atoms with van der Waals surface area (Å²) in [4.78, 5) is 7.91. The first-order chi connectivity index (χ1) is 8.84. The van der Waals surface area contributed by atoms with Gasteiger partial charge in [0, 0.05) is 11.1 Å². The van der Waals surface area contributed by atoms with Gasteiger partial charge in [-0.1, -0.05) is 60.7 Å².